The Balaban J connectivity index is 1.46. The lowest BCUT2D eigenvalue weighted by Crippen LogP contribution is -2.57. The van der Waals surface area contributed by atoms with E-state index < -0.39 is 25.8 Å². The number of hydrazone groups is 1. The maximum atomic E-state index is 13.2. The lowest BCUT2D eigenvalue weighted by molar-refractivity contribution is -0.138. The van der Waals surface area contributed by atoms with Gasteiger partial charge in [0.25, 0.3) is 5.91 Å². The number of ether oxygens (including phenoxy) is 3. The van der Waals surface area contributed by atoms with Crippen LogP contribution in [-0.4, -0.2) is 81.6 Å². The molecule has 1 saturated heterocycles. The molecule has 11 heteroatoms. The van der Waals surface area contributed by atoms with Gasteiger partial charge in [0.05, 0.1) is 5.69 Å². The minimum absolute atomic E-state index is 0.0967. The van der Waals surface area contributed by atoms with Gasteiger partial charge in [-0.1, -0.05) is 19.6 Å². The number of fused-ring (bicyclic) bond motifs is 3. The van der Waals surface area contributed by atoms with E-state index in [0.29, 0.717) is 25.6 Å². The fourth-order valence-electron chi connectivity index (χ4n) is 4.89. The molecule has 1 aromatic rings. The molecule has 0 aromatic heterocycles. The van der Waals surface area contributed by atoms with Gasteiger partial charge in [-0.2, -0.15) is 5.10 Å². The molecule has 0 spiro atoms. The standard InChI is InChI=1S/C27H43N5O5Si/c1-19-25(33)31(18-35-13-14-38(5,6)7)29-24-17-36-23-11-10-20(15-22(23)32(19)24)30-12-8-9-21(30)16-28-26(34)37-27(2,3)4/h10-11,15,19,21H,8-9,12-14,16-18H2,1-7H3,(H,28,34). The van der Waals surface area contributed by atoms with Gasteiger partial charge in [-0.3, -0.25) is 4.79 Å². The van der Waals surface area contributed by atoms with Crippen LogP contribution in [-0.2, 0) is 14.3 Å². The zero-order valence-electron chi connectivity index (χ0n) is 23.9. The summed E-state index contributed by atoms with van der Waals surface area (Å²) in [5.74, 6) is 1.33. The molecule has 10 nitrogen and oxygen atoms in total. The van der Waals surface area contributed by atoms with Crippen molar-refractivity contribution in [1.29, 1.82) is 0 Å². The number of amides is 2. The third-order valence-electron chi connectivity index (χ3n) is 6.87. The van der Waals surface area contributed by atoms with E-state index in [0.717, 1.165) is 42.6 Å². The molecule has 3 heterocycles. The number of carbonyl (C=O) groups is 2. The van der Waals surface area contributed by atoms with Crippen molar-refractivity contribution >= 4 is 37.3 Å². The zero-order chi connectivity index (χ0) is 27.7. The van der Waals surface area contributed by atoms with Gasteiger partial charge in [-0.05, 0) is 64.8 Å². The first kappa shape index (κ1) is 28.2. The second kappa shape index (κ2) is 11.1. The average Bonchev–Trinajstić information content (AvgIpc) is 3.29. The highest BCUT2D eigenvalue weighted by Crippen LogP contribution is 2.40. The van der Waals surface area contributed by atoms with E-state index in [-0.39, 0.29) is 18.7 Å². The summed E-state index contributed by atoms with van der Waals surface area (Å²) >= 11 is 0. The Morgan fingerprint density at radius 1 is 1.26 bits per heavy atom. The Kier molecular flexibility index (Phi) is 8.27. The molecule has 0 aliphatic carbocycles. The first-order valence-corrected chi connectivity index (χ1v) is 17.3. The van der Waals surface area contributed by atoms with E-state index in [1.165, 1.54) is 5.01 Å². The van der Waals surface area contributed by atoms with Crippen LogP contribution in [0.25, 0.3) is 0 Å². The highest BCUT2D eigenvalue weighted by molar-refractivity contribution is 6.76. The molecular formula is C27H43N5O5Si. The summed E-state index contributed by atoms with van der Waals surface area (Å²) in [5, 5.41) is 8.95. The van der Waals surface area contributed by atoms with E-state index >= 15 is 0 Å². The number of amidine groups is 1. The SMILES string of the molecule is CC1C(=O)N(COCC[Si](C)(C)C)N=C2COc3ccc(N4CCCC4CNC(=O)OC(C)(C)C)cc3N21. The third kappa shape index (κ3) is 6.79. The summed E-state index contributed by atoms with van der Waals surface area (Å²) in [6.45, 7) is 16.8. The quantitative estimate of drug-likeness (QED) is 0.386. The highest BCUT2D eigenvalue weighted by Gasteiger charge is 2.39. The van der Waals surface area contributed by atoms with Crippen LogP contribution in [0, 0.1) is 0 Å². The Labute approximate surface area is 227 Å². The molecule has 1 N–H and O–H groups in total. The number of rotatable bonds is 8. The normalized spacial score (nSPS) is 21.5. The van der Waals surface area contributed by atoms with Gasteiger partial charge in [0.1, 0.15) is 30.7 Å². The van der Waals surface area contributed by atoms with Crippen LogP contribution < -0.4 is 19.9 Å². The summed E-state index contributed by atoms with van der Waals surface area (Å²) < 4.78 is 17.2. The van der Waals surface area contributed by atoms with Crippen LogP contribution in [0.2, 0.25) is 25.7 Å². The lowest BCUT2D eigenvalue weighted by Gasteiger charge is -2.41. The number of benzene rings is 1. The number of anilines is 2. The van der Waals surface area contributed by atoms with Crippen molar-refractivity contribution in [3.8, 4) is 5.75 Å². The largest absolute Gasteiger partial charge is 0.483 e. The Hall–Kier alpha value is -2.79. The number of nitrogens with one attached hydrogen (secondary N) is 1. The second-order valence-corrected chi connectivity index (χ2v) is 18.1. The molecule has 2 amide bonds. The van der Waals surface area contributed by atoms with Crippen LogP contribution in [0.3, 0.4) is 0 Å². The summed E-state index contributed by atoms with van der Waals surface area (Å²) in [6.07, 6.45) is 1.60. The smallest absolute Gasteiger partial charge is 0.407 e. The molecule has 0 saturated carbocycles. The van der Waals surface area contributed by atoms with Crippen molar-refractivity contribution in [1.82, 2.24) is 10.3 Å². The number of hydrogen-bond acceptors (Lipinski definition) is 8. The molecule has 210 valence electrons. The molecule has 2 unspecified atom stereocenters. The Bertz CT molecular complexity index is 1070. The van der Waals surface area contributed by atoms with Crippen LogP contribution >= 0.6 is 0 Å². The maximum Gasteiger partial charge on any atom is 0.407 e. The van der Waals surface area contributed by atoms with E-state index in [1.807, 2.05) is 44.7 Å². The van der Waals surface area contributed by atoms with Gasteiger partial charge in [0, 0.05) is 39.5 Å². The van der Waals surface area contributed by atoms with Gasteiger partial charge in [0.15, 0.2) is 5.84 Å². The summed E-state index contributed by atoms with van der Waals surface area (Å²) in [5.41, 5.74) is 1.33. The topological polar surface area (TPSA) is 95.9 Å². The zero-order valence-corrected chi connectivity index (χ0v) is 24.9. The fraction of sp³-hybridized carbons (Fsp3) is 0.667. The van der Waals surface area contributed by atoms with Crippen LogP contribution in [0.1, 0.15) is 40.5 Å². The van der Waals surface area contributed by atoms with E-state index in [9.17, 15) is 9.59 Å². The van der Waals surface area contributed by atoms with Crippen molar-refractivity contribution in [3.63, 3.8) is 0 Å². The summed E-state index contributed by atoms with van der Waals surface area (Å²) in [7, 11) is -1.21. The van der Waals surface area contributed by atoms with E-state index in [2.05, 4.69) is 41.0 Å². The van der Waals surface area contributed by atoms with E-state index in [1.54, 1.807) is 0 Å². The number of alkyl carbamates (subject to hydrolysis) is 1. The molecule has 38 heavy (non-hydrogen) atoms. The predicted molar refractivity (Wildman–Crippen MR) is 152 cm³/mol. The molecule has 1 fully saturated rings. The van der Waals surface area contributed by atoms with Crippen molar-refractivity contribution in [2.45, 2.75) is 83.9 Å². The monoisotopic (exact) mass is 545 g/mol. The minimum atomic E-state index is -1.21. The van der Waals surface area contributed by atoms with Gasteiger partial charge in [-0.15, -0.1) is 0 Å². The summed E-state index contributed by atoms with van der Waals surface area (Å²) in [6, 6.07) is 6.84. The lowest BCUT2D eigenvalue weighted by atomic mass is 10.1. The van der Waals surface area contributed by atoms with E-state index in [4.69, 9.17) is 14.2 Å². The highest BCUT2D eigenvalue weighted by atomic mass is 28.3. The number of nitrogens with zero attached hydrogens (tertiary/aromatic N) is 4. The molecule has 1 aromatic carbocycles. The first-order chi connectivity index (χ1) is 17.8. The molecule has 4 rings (SSSR count). The van der Waals surface area contributed by atoms with Crippen molar-refractivity contribution in [2.24, 2.45) is 5.10 Å². The molecule has 0 bridgehead atoms. The second-order valence-electron chi connectivity index (χ2n) is 12.5. The van der Waals surface area contributed by atoms with Gasteiger partial charge >= 0.3 is 6.09 Å². The molecular weight excluding hydrogens is 502 g/mol. The number of carbonyl (C=O) groups excluding carboxylic acids is 2. The average molecular weight is 546 g/mol. The predicted octanol–water partition coefficient (Wildman–Crippen LogP) is 4.24. The van der Waals surface area contributed by atoms with Crippen LogP contribution in [0.15, 0.2) is 23.3 Å². The third-order valence-corrected chi connectivity index (χ3v) is 8.58. The Morgan fingerprint density at radius 2 is 2.03 bits per heavy atom. The number of hydrogen-bond donors (Lipinski definition) is 1. The molecule has 2 atom stereocenters. The summed E-state index contributed by atoms with van der Waals surface area (Å²) in [4.78, 5) is 29.7. The first-order valence-electron chi connectivity index (χ1n) is 13.6. The van der Waals surface area contributed by atoms with Gasteiger partial charge < -0.3 is 29.3 Å². The Morgan fingerprint density at radius 3 is 2.74 bits per heavy atom. The molecule has 0 radical (unpaired) electrons. The maximum absolute atomic E-state index is 13.2. The van der Waals surface area contributed by atoms with Crippen LogP contribution in [0.5, 0.6) is 5.75 Å². The van der Waals surface area contributed by atoms with Gasteiger partial charge in [-0.25, -0.2) is 9.80 Å². The molecule has 3 aliphatic heterocycles. The van der Waals surface area contributed by atoms with Gasteiger partial charge in [0.2, 0.25) is 0 Å². The fourth-order valence-corrected chi connectivity index (χ4v) is 5.65. The van der Waals surface area contributed by atoms with Crippen molar-refractivity contribution in [2.75, 3.05) is 42.8 Å². The van der Waals surface area contributed by atoms with Crippen molar-refractivity contribution in [3.05, 3.63) is 18.2 Å². The van der Waals surface area contributed by atoms with Crippen molar-refractivity contribution < 1.29 is 23.8 Å². The minimum Gasteiger partial charge on any atom is -0.483 e. The van der Waals surface area contributed by atoms with Crippen LogP contribution in [0.4, 0.5) is 16.2 Å². The molecule has 3 aliphatic rings.